The molecule has 0 radical (unpaired) electrons. The number of rotatable bonds is 10. The first-order chi connectivity index (χ1) is 10.5. The maximum absolute atomic E-state index is 12.2. The summed E-state index contributed by atoms with van der Waals surface area (Å²) in [6, 6.07) is 3.88. The minimum absolute atomic E-state index is 0.0537. The maximum atomic E-state index is 12.2. The molecule has 0 fully saturated rings. The number of ether oxygens (including phenoxy) is 2. The molecule has 0 aliphatic rings. The van der Waals surface area contributed by atoms with E-state index in [9.17, 15) is 13.6 Å². The average Bonchev–Trinajstić information content (AvgIpc) is 2.47. The molecule has 1 atom stereocenters. The topological polar surface area (TPSA) is 67.8 Å². The Kier molecular flexibility index (Phi) is 7.59. The van der Waals surface area contributed by atoms with E-state index in [1.54, 1.807) is 12.1 Å². The lowest BCUT2D eigenvalue weighted by molar-refractivity contribution is -0.139. The molecule has 0 aliphatic carbocycles. The zero-order chi connectivity index (χ0) is 16.5. The Labute approximate surface area is 128 Å². The van der Waals surface area contributed by atoms with E-state index in [0.717, 1.165) is 18.4 Å². The van der Waals surface area contributed by atoms with Crippen LogP contribution in [0.5, 0.6) is 11.5 Å². The van der Waals surface area contributed by atoms with E-state index in [1.165, 1.54) is 13.2 Å². The smallest absolute Gasteiger partial charge is 0.387 e. The molecule has 0 spiro atoms. The predicted molar refractivity (Wildman–Crippen MR) is 77.4 cm³/mol. The first kappa shape index (κ1) is 18.2. The van der Waals surface area contributed by atoms with Crippen LogP contribution < -0.4 is 14.8 Å². The molecule has 7 heteroatoms. The Hall–Kier alpha value is -1.89. The van der Waals surface area contributed by atoms with E-state index in [4.69, 9.17) is 9.84 Å². The fourth-order valence-corrected chi connectivity index (χ4v) is 1.98. The van der Waals surface area contributed by atoms with E-state index in [-0.39, 0.29) is 11.5 Å². The van der Waals surface area contributed by atoms with Gasteiger partial charge in [0.15, 0.2) is 11.5 Å². The number of methoxy groups -OCH3 is 1. The van der Waals surface area contributed by atoms with Gasteiger partial charge in [-0.25, -0.2) is 0 Å². The lowest BCUT2D eigenvalue weighted by Gasteiger charge is -2.15. The zero-order valence-corrected chi connectivity index (χ0v) is 12.6. The molecular weight excluding hydrogens is 296 g/mol. The predicted octanol–water partition coefficient (Wildman–Crippen LogP) is 3.03. The molecular formula is C15H21F2NO4. The summed E-state index contributed by atoms with van der Waals surface area (Å²) in [5.41, 5.74) is 0.723. The highest BCUT2D eigenvalue weighted by Gasteiger charge is 2.16. The summed E-state index contributed by atoms with van der Waals surface area (Å²) in [5, 5.41) is 12.1. The third-order valence-electron chi connectivity index (χ3n) is 3.14. The molecule has 1 unspecified atom stereocenters. The van der Waals surface area contributed by atoms with Crippen LogP contribution in [-0.4, -0.2) is 30.8 Å². The van der Waals surface area contributed by atoms with Gasteiger partial charge in [0.2, 0.25) is 0 Å². The molecule has 0 aliphatic heterocycles. The van der Waals surface area contributed by atoms with Crippen molar-refractivity contribution in [2.75, 3.05) is 7.11 Å². The summed E-state index contributed by atoms with van der Waals surface area (Å²) in [6.45, 7) is -0.638. The molecule has 124 valence electrons. The summed E-state index contributed by atoms with van der Waals surface area (Å²) in [7, 11) is 1.35. The highest BCUT2D eigenvalue weighted by molar-refractivity contribution is 5.73. The number of benzene rings is 1. The number of unbranched alkanes of at least 4 members (excludes halogenated alkanes) is 1. The second-order valence-electron chi connectivity index (χ2n) is 4.78. The zero-order valence-electron chi connectivity index (χ0n) is 12.6. The lowest BCUT2D eigenvalue weighted by atomic mass is 10.1. The van der Waals surface area contributed by atoms with Crippen molar-refractivity contribution in [1.82, 2.24) is 5.32 Å². The van der Waals surface area contributed by atoms with Crippen molar-refractivity contribution in [2.45, 2.75) is 45.4 Å². The number of halogens is 2. The molecule has 0 bridgehead atoms. The van der Waals surface area contributed by atoms with Crippen LogP contribution in [0.2, 0.25) is 0 Å². The van der Waals surface area contributed by atoms with Gasteiger partial charge in [-0.2, -0.15) is 8.78 Å². The van der Waals surface area contributed by atoms with E-state index in [2.05, 4.69) is 10.1 Å². The van der Waals surface area contributed by atoms with E-state index >= 15 is 0 Å². The number of carbonyl (C=O) groups is 1. The van der Waals surface area contributed by atoms with Crippen molar-refractivity contribution in [1.29, 1.82) is 0 Å². The Morgan fingerprint density at radius 3 is 2.64 bits per heavy atom. The van der Waals surface area contributed by atoms with Crippen molar-refractivity contribution in [3.05, 3.63) is 23.8 Å². The van der Waals surface area contributed by atoms with Crippen molar-refractivity contribution >= 4 is 5.97 Å². The number of hydrogen-bond acceptors (Lipinski definition) is 4. The lowest BCUT2D eigenvalue weighted by Crippen LogP contribution is -2.36. The quantitative estimate of drug-likeness (QED) is 0.694. The van der Waals surface area contributed by atoms with Gasteiger partial charge in [-0.1, -0.05) is 25.8 Å². The molecule has 2 N–H and O–H groups in total. The number of alkyl halides is 2. The SMILES string of the molecule is CCCCC(NCc1ccc(OC(F)F)c(OC)c1)C(=O)O. The van der Waals surface area contributed by atoms with E-state index in [1.807, 2.05) is 6.92 Å². The summed E-state index contributed by atoms with van der Waals surface area (Å²) >= 11 is 0. The summed E-state index contributed by atoms with van der Waals surface area (Å²) < 4.78 is 33.8. The van der Waals surface area contributed by atoms with Crippen LogP contribution in [0.3, 0.4) is 0 Å². The number of hydrogen-bond donors (Lipinski definition) is 2. The molecule has 1 rings (SSSR count). The van der Waals surface area contributed by atoms with Crippen LogP contribution in [0.4, 0.5) is 8.78 Å². The van der Waals surface area contributed by atoms with E-state index in [0.29, 0.717) is 13.0 Å². The van der Waals surface area contributed by atoms with Gasteiger partial charge in [0.25, 0.3) is 0 Å². The summed E-state index contributed by atoms with van der Waals surface area (Å²) in [4.78, 5) is 11.1. The van der Waals surface area contributed by atoms with Gasteiger partial charge >= 0.3 is 12.6 Å². The van der Waals surface area contributed by atoms with Gasteiger partial charge in [0.1, 0.15) is 6.04 Å². The van der Waals surface area contributed by atoms with Gasteiger partial charge < -0.3 is 19.9 Å². The Morgan fingerprint density at radius 2 is 2.09 bits per heavy atom. The highest BCUT2D eigenvalue weighted by atomic mass is 19.3. The summed E-state index contributed by atoms with van der Waals surface area (Å²) in [6.07, 6.45) is 2.27. The monoisotopic (exact) mass is 317 g/mol. The van der Waals surface area contributed by atoms with E-state index < -0.39 is 18.6 Å². The van der Waals surface area contributed by atoms with Crippen LogP contribution in [0.15, 0.2) is 18.2 Å². The summed E-state index contributed by atoms with van der Waals surface area (Å²) in [5.74, 6) is -0.778. The Balaban J connectivity index is 2.70. The minimum atomic E-state index is -2.93. The standard InChI is InChI=1S/C15H21F2NO4/c1-3-4-5-11(14(19)20)18-9-10-6-7-12(22-15(16)17)13(8-10)21-2/h6-8,11,15,18H,3-5,9H2,1-2H3,(H,19,20). The second-order valence-corrected chi connectivity index (χ2v) is 4.78. The van der Waals surface area contributed by atoms with Gasteiger partial charge in [0, 0.05) is 6.54 Å². The Morgan fingerprint density at radius 1 is 1.36 bits per heavy atom. The molecule has 1 aromatic carbocycles. The van der Waals surface area contributed by atoms with Crippen molar-refractivity contribution in [3.8, 4) is 11.5 Å². The molecule has 0 amide bonds. The molecule has 0 saturated carbocycles. The molecule has 0 saturated heterocycles. The fourth-order valence-electron chi connectivity index (χ4n) is 1.98. The average molecular weight is 317 g/mol. The van der Waals surface area contributed by atoms with Gasteiger partial charge in [-0.15, -0.1) is 0 Å². The molecule has 0 heterocycles. The highest BCUT2D eigenvalue weighted by Crippen LogP contribution is 2.29. The molecule has 5 nitrogen and oxygen atoms in total. The maximum Gasteiger partial charge on any atom is 0.387 e. The first-order valence-corrected chi connectivity index (χ1v) is 7.05. The number of carboxylic acids is 1. The number of nitrogens with one attached hydrogen (secondary N) is 1. The van der Waals surface area contributed by atoms with Crippen molar-refractivity contribution in [2.24, 2.45) is 0 Å². The molecule has 1 aromatic rings. The third-order valence-corrected chi connectivity index (χ3v) is 3.14. The van der Waals surface area contributed by atoms with Crippen LogP contribution >= 0.6 is 0 Å². The normalized spacial score (nSPS) is 12.2. The fraction of sp³-hybridized carbons (Fsp3) is 0.533. The number of aliphatic carboxylic acids is 1. The first-order valence-electron chi connectivity index (χ1n) is 7.05. The Bertz CT molecular complexity index is 483. The second kappa shape index (κ2) is 9.19. The van der Waals surface area contributed by atoms with Crippen LogP contribution in [-0.2, 0) is 11.3 Å². The molecule has 22 heavy (non-hydrogen) atoms. The van der Waals surface area contributed by atoms with Gasteiger partial charge in [-0.05, 0) is 24.1 Å². The van der Waals surface area contributed by atoms with Crippen LogP contribution in [0.1, 0.15) is 31.7 Å². The van der Waals surface area contributed by atoms with Crippen LogP contribution in [0.25, 0.3) is 0 Å². The van der Waals surface area contributed by atoms with Gasteiger partial charge in [0.05, 0.1) is 7.11 Å². The largest absolute Gasteiger partial charge is 0.493 e. The van der Waals surface area contributed by atoms with Crippen molar-refractivity contribution < 1.29 is 28.2 Å². The third kappa shape index (κ3) is 5.85. The number of carboxylic acid groups (broad SMARTS) is 1. The van der Waals surface area contributed by atoms with Crippen molar-refractivity contribution in [3.63, 3.8) is 0 Å². The van der Waals surface area contributed by atoms with Crippen LogP contribution in [0, 0.1) is 0 Å². The molecule has 0 aromatic heterocycles. The van der Waals surface area contributed by atoms with Gasteiger partial charge in [-0.3, -0.25) is 4.79 Å². The minimum Gasteiger partial charge on any atom is -0.493 e.